The molecule has 0 saturated heterocycles. The number of ether oxygens (including phenoxy) is 2. The Morgan fingerprint density at radius 1 is 1.41 bits per heavy atom. The summed E-state index contributed by atoms with van der Waals surface area (Å²) in [5.74, 6) is 1.07. The number of hydrogen-bond donors (Lipinski definition) is 2. The van der Waals surface area contributed by atoms with Crippen LogP contribution in [0.2, 0.25) is 0 Å². The van der Waals surface area contributed by atoms with E-state index in [0.29, 0.717) is 35.8 Å². The van der Waals surface area contributed by atoms with Crippen LogP contribution in [0.5, 0.6) is 11.5 Å². The summed E-state index contributed by atoms with van der Waals surface area (Å²) in [6.45, 7) is 0.463. The molecule has 3 N–H and O–H groups in total. The van der Waals surface area contributed by atoms with Gasteiger partial charge in [0.2, 0.25) is 0 Å². The summed E-state index contributed by atoms with van der Waals surface area (Å²) in [5.41, 5.74) is 7.01. The molecule has 0 aliphatic carbocycles. The maximum atomic E-state index is 8.68. The van der Waals surface area contributed by atoms with Crippen LogP contribution in [0.1, 0.15) is 12.0 Å². The van der Waals surface area contributed by atoms with Gasteiger partial charge in [-0.2, -0.15) is 5.26 Å². The molecule has 0 aliphatic rings. The van der Waals surface area contributed by atoms with Crippen LogP contribution in [0.15, 0.2) is 12.1 Å². The highest BCUT2D eigenvalue weighted by Crippen LogP contribution is 2.32. The Kier molecular flexibility index (Phi) is 5.11. The monoisotopic (exact) mass is 236 g/mol. The van der Waals surface area contributed by atoms with Crippen LogP contribution in [0.4, 0.5) is 5.69 Å². The van der Waals surface area contributed by atoms with E-state index >= 15 is 0 Å². The average molecular weight is 236 g/mol. The van der Waals surface area contributed by atoms with Gasteiger partial charge in [-0.1, -0.05) is 0 Å². The van der Waals surface area contributed by atoms with Crippen molar-refractivity contribution in [2.75, 3.05) is 26.1 Å². The van der Waals surface area contributed by atoms with Gasteiger partial charge in [0.05, 0.1) is 26.2 Å². The smallest absolute Gasteiger partial charge is 0.162 e. The van der Waals surface area contributed by atoms with Crippen molar-refractivity contribution < 1.29 is 14.6 Å². The molecule has 5 heteroatoms. The molecule has 92 valence electrons. The van der Waals surface area contributed by atoms with Crippen molar-refractivity contribution in [1.29, 1.82) is 5.26 Å². The lowest BCUT2D eigenvalue weighted by molar-refractivity contribution is 0.228. The zero-order valence-corrected chi connectivity index (χ0v) is 9.77. The molecule has 0 spiro atoms. The van der Waals surface area contributed by atoms with E-state index in [-0.39, 0.29) is 13.0 Å². The highest BCUT2D eigenvalue weighted by atomic mass is 16.5. The van der Waals surface area contributed by atoms with Gasteiger partial charge in [-0.05, 0) is 11.6 Å². The van der Waals surface area contributed by atoms with E-state index in [1.807, 2.05) is 6.07 Å². The minimum Gasteiger partial charge on any atom is -0.493 e. The fourth-order valence-corrected chi connectivity index (χ4v) is 1.38. The van der Waals surface area contributed by atoms with Crippen molar-refractivity contribution in [3.05, 3.63) is 17.7 Å². The van der Waals surface area contributed by atoms with Gasteiger partial charge in [-0.25, -0.2) is 0 Å². The Morgan fingerprint density at radius 3 is 2.76 bits per heavy atom. The molecule has 1 aromatic rings. The summed E-state index contributed by atoms with van der Waals surface area (Å²) < 4.78 is 10.6. The normalized spacial score (nSPS) is 9.71. The van der Waals surface area contributed by atoms with Crippen LogP contribution in [0, 0.1) is 11.3 Å². The van der Waals surface area contributed by atoms with Crippen LogP contribution in [0.3, 0.4) is 0 Å². The second-order valence-electron chi connectivity index (χ2n) is 3.46. The molecule has 1 aromatic carbocycles. The lowest BCUT2D eigenvalue weighted by atomic mass is 10.1. The molecule has 0 unspecified atom stereocenters. The van der Waals surface area contributed by atoms with Gasteiger partial charge in [0.25, 0.3) is 0 Å². The van der Waals surface area contributed by atoms with Gasteiger partial charge in [0.1, 0.15) is 0 Å². The van der Waals surface area contributed by atoms with Crippen LogP contribution < -0.4 is 15.2 Å². The number of nitrogen functional groups attached to an aromatic ring is 1. The molecular weight excluding hydrogens is 220 g/mol. The maximum Gasteiger partial charge on any atom is 0.162 e. The number of aliphatic hydroxyl groups is 1. The summed E-state index contributed by atoms with van der Waals surface area (Å²) in [7, 11) is 1.53. The molecule has 17 heavy (non-hydrogen) atoms. The molecule has 0 saturated carbocycles. The van der Waals surface area contributed by atoms with E-state index in [2.05, 4.69) is 0 Å². The third kappa shape index (κ3) is 3.54. The van der Waals surface area contributed by atoms with E-state index < -0.39 is 0 Å². The summed E-state index contributed by atoms with van der Waals surface area (Å²) in [6.07, 6.45) is 0.771. The Morgan fingerprint density at radius 2 is 2.18 bits per heavy atom. The largest absolute Gasteiger partial charge is 0.493 e. The first-order valence-electron chi connectivity index (χ1n) is 5.30. The van der Waals surface area contributed by atoms with Crippen molar-refractivity contribution in [2.45, 2.75) is 12.8 Å². The Labute approximate surface area is 100 Å². The lowest BCUT2D eigenvalue weighted by Gasteiger charge is -2.13. The van der Waals surface area contributed by atoms with Gasteiger partial charge in [-0.15, -0.1) is 0 Å². The lowest BCUT2D eigenvalue weighted by Crippen LogP contribution is -2.03. The Bertz CT molecular complexity index is 413. The summed E-state index contributed by atoms with van der Waals surface area (Å²) in [6, 6.07) is 5.38. The van der Waals surface area contributed by atoms with Crippen molar-refractivity contribution in [3.63, 3.8) is 0 Å². The summed E-state index contributed by atoms with van der Waals surface area (Å²) in [4.78, 5) is 0. The van der Waals surface area contributed by atoms with Crippen molar-refractivity contribution >= 4 is 5.69 Å². The first kappa shape index (κ1) is 13.1. The Balaban J connectivity index is 2.92. The highest BCUT2D eigenvalue weighted by Gasteiger charge is 2.09. The molecule has 1 rings (SSSR count). The number of nitrogens with zero attached hydrogens (tertiary/aromatic N) is 1. The molecular formula is C12H16N2O3. The zero-order valence-electron chi connectivity index (χ0n) is 9.77. The van der Waals surface area contributed by atoms with E-state index in [9.17, 15) is 0 Å². The molecule has 0 amide bonds. The number of hydrogen-bond acceptors (Lipinski definition) is 5. The predicted molar refractivity (Wildman–Crippen MR) is 63.9 cm³/mol. The van der Waals surface area contributed by atoms with E-state index in [1.165, 1.54) is 7.11 Å². The number of nitriles is 1. The number of methoxy groups -OCH3 is 1. The first-order chi connectivity index (χ1) is 8.22. The van der Waals surface area contributed by atoms with Crippen LogP contribution in [-0.2, 0) is 6.42 Å². The van der Waals surface area contributed by atoms with E-state index in [1.54, 1.807) is 12.1 Å². The van der Waals surface area contributed by atoms with Crippen LogP contribution in [0.25, 0.3) is 0 Å². The number of nitrogens with two attached hydrogens (primary N) is 1. The van der Waals surface area contributed by atoms with Crippen LogP contribution >= 0.6 is 0 Å². The predicted octanol–water partition coefficient (Wildman–Crippen LogP) is 1.10. The third-order valence-corrected chi connectivity index (χ3v) is 2.25. The van der Waals surface area contributed by atoms with E-state index in [0.717, 1.165) is 0 Å². The minimum absolute atomic E-state index is 0.0718. The second-order valence-corrected chi connectivity index (χ2v) is 3.46. The van der Waals surface area contributed by atoms with Gasteiger partial charge in [0.15, 0.2) is 11.5 Å². The number of benzene rings is 1. The van der Waals surface area contributed by atoms with E-state index in [4.69, 9.17) is 25.6 Å². The average Bonchev–Trinajstić information content (AvgIpc) is 2.33. The third-order valence-electron chi connectivity index (χ3n) is 2.25. The summed E-state index contributed by atoms with van der Waals surface area (Å²) in [5, 5.41) is 17.3. The highest BCUT2D eigenvalue weighted by molar-refractivity contribution is 5.58. The molecule has 0 heterocycles. The van der Waals surface area contributed by atoms with Crippen molar-refractivity contribution in [3.8, 4) is 17.6 Å². The second kappa shape index (κ2) is 6.61. The molecule has 0 bridgehead atoms. The topological polar surface area (TPSA) is 88.5 Å². The maximum absolute atomic E-state index is 8.68. The molecule has 0 atom stereocenters. The van der Waals surface area contributed by atoms with Gasteiger partial charge < -0.3 is 20.3 Å². The Hall–Kier alpha value is -1.93. The molecule has 0 aromatic heterocycles. The van der Waals surface area contributed by atoms with Gasteiger partial charge in [-0.3, -0.25) is 0 Å². The van der Waals surface area contributed by atoms with Crippen LogP contribution in [-0.4, -0.2) is 25.4 Å². The van der Waals surface area contributed by atoms with Crippen molar-refractivity contribution in [2.24, 2.45) is 0 Å². The van der Waals surface area contributed by atoms with Gasteiger partial charge >= 0.3 is 0 Å². The fraction of sp³-hybridized carbons (Fsp3) is 0.417. The standard InChI is InChI=1S/C12H16N2O3/c1-16-11-8-10(14)9(3-4-13)7-12(11)17-6-2-5-15/h7-8,15H,2-3,5-6,14H2,1H3. The quantitative estimate of drug-likeness (QED) is 0.570. The zero-order chi connectivity index (χ0) is 12.7. The molecule has 0 fully saturated rings. The van der Waals surface area contributed by atoms with Gasteiger partial charge in [0, 0.05) is 24.8 Å². The van der Waals surface area contributed by atoms with Crippen molar-refractivity contribution in [1.82, 2.24) is 0 Å². The summed E-state index contributed by atoms with van der Waals surface area (Å²) >= 11 is 0. The SMILES string of the molecule is COc1cc(N)c(CC#N)cc1OCCCO. The first-order valence-corrected chi connectivity index (χ1v) is 5.30. The number of rotatable bonds is 6. The molecule has 0 radical (unpaired) electrons. The number of anilines is 1. The molecule has 5 nitrogen and oxygen atoms in total. The molecule has 0 aliphatic heterocycles. The number of aliphatic hydroxyl groups excluding tert-OH is 1. The fourth-order valence-electron chi connectivity index (χ4n) is 1.38. The minimum atomic E-state index is 0.0718.